The van der Waals surface area contributed by atoms with Gasteiger partial charge in [0.1, 0.15) is 5.82 Å². The molecular formula is C13H18N4O2. The van der Waals surface area contributed by atoms with E-state index in [1.54, 1.807) is 0 Å². The number of ether oxygens (including phenoxy) is 2. The molecule has 1 fully saturated rings. The Balaban J connectivity index is 2.01. The lowest BCUT2D eigenvalue weighted by atomic mass is 9.85. The van der Waals surface area contributed by atoms with Gasteiger partial charge >= 0.3 is 0 Å². The molecular weight excluding hydrogens is 244 g/mol. The van der Waals surface area contributed by atoms with Gasteiger partial charge in [-0.2, -0.15) is 4.98 Å². The summed E-state index contributed by atoms with van der Waals surface area (Å²) < 4.78 is 10.8. The van der Waals surface area contributed by atoms with Crippen molar-refractivity contribution in [2.45, 2.75) is 25.3 Å². The van der Waals surface area contributed by atoms with Crippen molar-refractivity contribution < 1.29 is 9.47 Å². The number of imidazole rings is 1. The molecule has 0 saturated carbocycles. The Bertz CT molecular complexity index is 597. The predicted molar refractivity (Wildman–Crippen MR) is 71.2 cm³/mol. The number of aromatic amines is 1. The molecule has 0 aromatic carbocycles. The van der Waals surface area contributed by atoms with Gasteiger partial charge in [-0.25, -0.2) is 4.98 Å². The lowest BCUT2D eigenvalue weighted by molar-refractivity contribution is 0.178. The predicted octanol–water partition coefficient (Wildman–Crippen LogP) is 0.972. The topological polar surface area (TPSA) is 86.0 Å². The van der Waals surface area contributed by atoms with E-state index in [-0.39, 0.29) is 11.5 Å². The number of nitrogens with one attached hydrogen (secondary N) is 1. The van der Waals surface area contributed by atoms with Crippen molar-refractivity contribution in [3.8, 4) is 5.88 Å². The zero-order valence-corrected chi connectivity index (χ0v) is 11.1. The highest BCUT2D eigenvalue weighted by molar-refractivity contribution is 5.71. The van der Waals surface area contributed by atoms with Gasteiger partial charge in [0.15, 0.2) is 5.65 Å². The molecule has 2 atom stereocenters. The van der Waals surface area contributed by atoms with Crippen LogP contribution in [0, 0.1) is 0 Å². The molecule has 1 saturated heterocycles. The largest absolute Gasteiger partial charge is 0.478 e. The van der Waals surface area contributed by atoms with Gasteiger partial charge in [-0.05, 0) is 19.9 Å². The quantitative estimate of drug-likeness (QED) is 0.861. The number of rotatable bonds is 3. The number of hydrogen-bond donors (Lipinski definition) is 2. The maximum Gasteiger partial charge on any atom is 0.215 e. The fraction of sp³-hybridized carbons (Fsp3) is 0.538. The molecule has 1 aliphatic heterocycles. The van der Waals surface area contributed by atoms with Crippen molar-refractivity contribution in [3.63, 3.8) is 0 Å². The van der Waals surface area contributed by atoms with Gasteiger partial charge in [0.25, 0.3) is 0 Å². The van der Waals surface area contributed by atoms with Crippen LogP contribution < -0.4 is 10.5 Å². The summed E-state index contributed by atoms with van der Waals surface area (Å²) in [5, 5.41) is 0. The van der Waals surface area contributed by atoms with Crippen LogP contribution in [-0.2, 0) is 10.2 Å². The summed E-state index contributed by atoms with van der Waals surface area (Å²) in [7, 11) is 0. The molecule has 0 radical (unpaired) electrons. The second kappa shape index (κ2) is 4.47. The number of aromatic nitrogens is 3. The van der Waals surface area contributed by atoms with Crippen LogP contribution >= 0.6 is 0 Å². The summed E-state index contributed by atoms with van der Waals surface area (Å²) in [6.45, 7) is 5.72. The third-order valence-electron chi connectivity index (χ3n) is 3.67. The Morgan fingerprint density at radius 2 is 2.37 bits per heavy atom. The molecule has 0 aliphatic carbocycles. The molecule has 1 aliphatic rings. The highest BCUT2D eigenvalue weighted by Gasteiger charge is 2.41. The van der Waals surface area contributed by atoms with E-state index in [2.05, 4.69) is 21.9 Å². The van der Waals surface area contributed by atoms with E-state index in [0.29, 0.717) is 31.3 Å². The highest BCUT2D eigenvalue weighted by atomic mass is 16.5. The molecule has 2 aromatic rings. The van der Waals surface area contributed by atoms with E-state index in [1.165, 1.54) is 0 Å². The van der Waals surface area contributed by atoms with Crippen LogP contribution in [0.4, 0.5) is 0 Å². The SMILES string of the molecule is CCOc1ccc2[nH]c(C3(C)COCC3N)nc2n1. The molecule has 0 amide bonds. The number of pyridine rings is 1. The van der Waals surface area contributed by atoms with Crippen LogP contribution in [0.5, 0.6) is 5.88 Å². The zero-order chi connectivity index (χ0) is 13.5. The van der Waals surface area contributed by atoms with Gasteiger partial charge in [0, 0.05) is 12.1 Å². The Morgan fingerprint density at radius 3 is 3.05 bits per heavy atom. The van der Waals surface area contributed by atoms with E-state index >= 15 is 0 Å². The first-order chi connectivity index (χ1) is 9.13. The minimum atomic E-state index is -0.285. The molecule has 3 N–H and O–H groups in total. The van der Waals surface area contributed by atoms with Crippen molar-refractivity contribution in [2.24, 2.45) is 5.73 Å². The van der Waals surface area contributed by atoms with Crippen molar-refractivity contribution in [1.29, 1.82) is 0 Å². The molecule has 3 rings (SSSR count). The Kier molecular flexibility index (Phi) is 2.91. The van der Waals surface area contributed by atoms with E-state index in [4.69, 9.17) is 15.2 Å². The van der Waals surface area contributed by atoms with Gasteiger partial charge in [-0.3, -0.25) is 0 Å². The fourth-order valence-electron chi connectivity index (χ4n) is 2.31. The van der Waals surface area contributed by atoms with Crippen LogP contribution in [-0.4, -0.2) is 40.8 Å². The van der Waals surface area contributed by atoms with E-state index in [1.807, 2.05) is 19.1 Å². The molecule has 6 heteroatoms. The standard InChI is InChI=1S/C13H18N4O2/c1-3-19-10-5-4-8-11(16-10)17-12(15-8)13(2)7-18-6-9(13)14/h4-5,9H,3,6-7,14H2,1-2H3,(H,15,16,17). The normalized spacial score (nSPS) is 27.0. The second-order valence-electron chi connectivity index (χ2n) is 5.08. The van der Waals surface area contributed by atoms with E-state index in [9.17, 15) is 0 Å². The van der Waals surface area contributed by atoms with Crippen LogP contribution in [0.1, 0.15) is 19.7 Å². The minimum absolute atomic E-state index is 0.0561. The molecule has 2 aromatic heterocycles. The Hall–Kier alpha value is -1.66. The van der Waals surface area contributed by atoms with Crippen molar-refractivity contribution in [3.05, 3.63) is 18.0 Å². The van der Waals surface area contributed by atoms with Crippen LogP contribution in [0.15, 0.2) is 12.1 Å². The maximum atomic E-state index is 6.11. The smallest absolute Gasteiger partial charge is 0.215 e. The summed E-state index contributed by atoms with van der Waals surface area (Å²) in [4.78, 5) is 12.2. The molecule has 102 valence electrons. The number of hydrogen-bond acceptors (Lipinski definition) is 5. The van der Waals surface area contributed by atoms with E-state index in [0.717, 1.165) is 11.3 Å². The highest BCUT2D eigenvalue weighted by Crippen LogP contribution is 2.31. The first-order valence-electron chi connectivity index (χ1n) is 6.47. The molecule has 6 nitrogen and oxygen atoms in total. The first kappa shape index (κ1) is 12.4. The van der Waals surface area contributed by atoms with Crippen molar-refractivity contribution in [1.82, 2.24) is 15.0 Å². The monoisotopic (exact) mass is 262 g/mol. The minimum Gasteiger partial charge on any atom is -0.478 e. The molecule has 3 heterocycles. The number of H-pyrrole nitrogens is 1. The first-order valence-corrected chi connectivity index (χ1v) is 6.47. The van der Waals surface area contributed by atoms with Gasteiger partial charge in [0.05, 0.1) is 30.8 Å². The fourth-order valence-corrected chi connectivity index (χ4v) is 2.31. The maximum absolute atomic E-state index is 6.11. The lowest BCUT2D eigenvalue weighted by Crippen LogP contribution is -2.42. The summed E-state index contributed by atoms with van der Waals surface area (Å²) in [5.41, 5.74) is 7.37. The molecule has 19 heavy (non-hydrogen) atoms. The van der Waals surface area contributed by atoms with Gasteiger partial charge in [-0.1, -0.05) is 0 Å². The van der Waals surface area contributed by atoms with Gasteiger partial charge in [0.2, 0.25) is 5.88 Å². The summed E-state index contributed by atoms with van der Waals surface area (Å²) in [6, 6.07) is 3.70. The zero-order valence-electron chi connectivity index (χ0n) is 11.1. The average molecular weight is 262 g/mol. The number of fused-ring (bicyclic) bond motifs is 1. The molecule has 0 spiro atoms. The molecule has 2 unspecified atom stereocenters. The third-order valence-corrected chi connectivity index (χ3v) is 3.67. The number of nitrogens with zero attached hydrogens (tertiary/aromatic N) is 2. The average Bonchev–Trinajstić information content (AvgIpc) is 2.95. The van der Waals surface area contributed by atoms with Crippen LogP contribution in [0.2, 0.25) is 0 Å². The lowest BCUT2D eigenvalue weighted by Gasteiger charge is -2.23. The second-order valence-corrected chi connectivity index (χ2v) is 5.08. The summed E-state index contributed by atoms with van der Waals surface area (Å²) >= 11 is 0. The Morgan fingerprint density at radius 1 is 1.53 bits per heavy atom. The summed E-state index contributed by atoms with van der Waals surface area (Å²) in [6.07, 6.45) is 0. The van der Waals surface area contributed by atoms with Crippen LogP contribution in [0.25, 0.3) is 11.2 Å². The van der Waals surface area contributed by atoms with Crippen LogP contribution in [0.3, 0.4) is 0 Å². The number of nitrogens with two attached hydrogens (primary N) is 1. The van der Waals surface area contributed by atoms with E-state index < -0.39 is 0 Å². The Labute approximate surface area is 111 Å². The summed E-state index contributed by atoms with van der Waals surface area (Å²) in [5.74, 6) is 1.42. The van der Waals surface area contributed by atoms with Gasteiger partial charge < -0.3 is 20.2 Å². The molecule has 0 bridgehead atoms. The third kappa shape index (κ3) is 1.97. The van der Waals surface area contributed by atoms with Crippen molar-refractivity contribution >= 4 is 11.2 Å². The van der Waals surface area contributed by atoms with Gasteiger partial charge in [-0.15, -0.1) is 0 Å². The van der Waals surface area contributed by atoms with Crippen molar-refractivity contribution in [2.75, 3.05) is 19.8 Å².